The molecule has 1 aromatic carbocycles. The number of rotatable bonds is 4. The summed E-state index contributed by atoms with van der Waals surface area (Å²) in [5.41, 5.74) is 5.99. The molecule has 0 atom stereocenters. The van der Waals surface area contributed by atoms with Gasteiger partial charge in [-0.3, -0.25) is 4.40 Å². The molecule has 4 heteroatoms. The lowest BCUT2D eigenvalue weighted by atomic mass is 10.1. The van der Waals surface area contributed by atoms with Crippen molar-refractivity contribution in [2.24, 2.45) is 5.16 Å². The number of pyridine rings is 1. The first-order chi connectivity index (χ1) is 11.2. The summed E-state index contributed by atoms with van der Waals surface area (Å²) in [6.45, 7) is 4.25. The highest BCUT2D eigenvalue weighted by Crippen LogP contribution is 2.25. The van der Waals surface area contributed by atoms with Gasteiger partial charge in [-0.1, -0.05) is 47.0 Å². The fraction of sp³-hybridized carbons (Fsp3) is 0.158. The predicted octanol–water partition coefficient (Wildman–Crippen LogP) is 3.60. The van der Waals surface area contributed by atoms with Crippen molar-refractivity contribution in [1.82, 2.24) is 9.38 Å². The Bertz CT molecular complexity index is 899. The van der Waals surface area contributed by atoms with Gasteiger partial charge in [-0.15, -0.1) is 6.42 Å². The van der Waals surface area contributed by atoms with E-state index in [0.29, 0.717) is 0 Å². The zero-order valence-electron chi connectivity index (χ0n) is 13.2. The molecule has 0 N–H and O–H groups in total. The highest BCUT2D eigenvalue weighted by molar-refractivity contribution is 5.89. The smallest absolute Gasteiger partial charge is 0.177 e. The Labute approximate surface area is 135 Å². The number of terminal acetylenes is 1. The van der Waals surface area contributed by atoms with Gasteiger partial charge in [-0.25, -0.2) is 4.98 Å². The molecule has 0 saturated heterocycles. The molecular formula is C19H17N3O. The number of nitrogens with zero attached hydrogens (tertiary/aromatic N) is 3. The molecule has 114 valence electrons. The predicted molar refractivity (Wildman–Crippen MR) is 92.5 cm³/mol. The van der Waals surface area contributed by atoms with Gasteiger partial charge in [-0.05, 0) is 25.5 Å². The minimum atomic E-state index is 0.145. The third-order valence-corrected chi connectivity index (χ3v) is 3.60. The summed E-state index contributed by atoms with van der Waals surface area (Å²) >= 11 is 0. The molecule has 0 radical (unpaired) electrons. The molecule has 0 fully saturated rings. The topological polar surface area (TPSA) is 38.9 Å². The molecule has 4 nitrogen and oxygen atoms in total. The summed E-state index contributed by atoms with van der Waals surface area (Å²) in [6.07, 6.45) is 8.79. The van der Waals surface area contributed by atoms with Crippen LogP contribution in [0.3, 0.4) is 0 Å². The van der Waals surface area contributed by atoms with Crippen molar-refractivity contribution in [2.75, 3.05) is 6.61 Å². The normalized spacial score (nSPS) is 11.0. The van der Waals surface area contributed by atoms with Gasteiger partial charge in [-0.2, -0.15) is 0 Å². The second-order valence-corrected chi connectivity index (χ2v) is 5.31. The van der Waals surface area contributed by atoms with Crippen molar-refractivity contribution < 1.29 is 4.84 Å². The first-order valence-corrected chi connectivity index (χ1v) is 7.34. The van der Waals surface area contributed by atoms with Crippen LogP contribution < -0.4 is 0 Å². The molecule has 3 rings (SSSR count). The van der Waals surface area contributed by atoms with E-state index in [9.17, 15) is 0 Å². The van der Waals surface area contributed by atoms with Crippen LogP contribution in [0.2, 0.25) is 0 Å². The number of aromatic nitrogens is 2. The average Bonchev–Trinajstić information content (AvgIpc) is 2.93. The van der Waals surface area contributed by atoms with Gasteiger partial charge >= 0.3 is 0 Å². The van der Waals surface area contributed by atoms with Crippen LogP contribution in [-0.4, -0.2) is 22.2 Å². The Morgan fingerprint density at radius 1 is 1.26 bits per heavy atom. The molecule has 0 unspecified atom stereocenters. The third kappa shape index (κ3) is 2.95. The van der Waals surface area contributed by atoms with Crippen LogP contribution in [0.15, 0.2) is 47.8 Å². The first-order valence-electron chi connectivity index (χ1n) is 7.34. The maximum Gasteiger partial charge on any atom is 0.177 e. The van der Waals surface area contributed by atoms with Crippen LogP contribution in [0.25, 0.3) is 16.9 Å². The molecule has 2 heterocycles. The monoisotopic (exact) mass is 303 g/mol. The standard InChI is InChI=1S/C19H17N3O/c1-4-12-23-20-13-17-18(16-9-7-14(2)8-10-16)21-19-15(3)6-5-11-22(17)19/h1,5-11,13H,12H2,2-3H3/b20-13+. The van der Waals surface area contributed by atoms with Gasteiger partial charge < -0.3 is 4.84 Å². The lowest BCUT2D eigenvalue weighted by molar-refractivity contribution is 0.181. The highest BCUT2D eigenvalue weighted by atomic mass is 16.6. The molecule has 0 saturated carbocycles. The Hall–Kier alpha value is -3.06. The molecule has 0 aliphatic rings. The van der Waals surface area contributed by atoms with Gasteiger partial charge in [0.05, 0.1) is 17.6 Å². The van der Waals surface area contributed by atoms with Gasteiger partial charge in [0.1, 0.15) is 5.65 Å². The minimum Gasteiger partial charge on any atom is -0.383 e. The number of imidazole rings is 1. The zero-order valence-corrected chi connectivity index (χ0v) is 13.2. The fourth-order valence-electron chi connectivity index (χ4n) is 2.43. The summed E-state index contributed by atoms with van der Waals surface area (Å²) < 4.78 is 2.01. The molecule has 0 aliphatic carbocycles. The van der Waals surface area contributed by atoms with Gasteiger partial charge in [0.15, 0.2) is 6.61 Å². The average molecular weight is 303 g/mol. The number of hydrogen-bond acceptors (Lipinski definition) is 3. The Balaban J connectivity index is 2.15. The molecule has 23 heavy (non-hydrogen) atoms. The van der Waals surface area contributed by atoms with Crippen LogP contribution in [0.4, 0.5) is 0 Å². The highest BCUT2D eigenvalue weighted by Gasteiger charge is 2.13. The molecular weight excluding hydrogens is 286 g/mol. The summed E-state index contributed by atoms with van der Waals surface area (Å²) in [5.74, 6) is 2.39. The molecule has 0 spiro atoms. The van der Waals surface area contributed by atoms with E-state index < -0.39 is 0 Å². The summed E-state index contributed by atoms with van der Waals surface area (Å²) in [7, 11) is 0. The van der Waals surface area contributed by atoms with Gasteiger partial charge in [0, 0.05) is 11.8 Å². The number of aryl methyl sites for hydroxylation is 2. The summed E-state index contributed by atoms with van der Waals surface area (Å²) in [5, 5.41) is 3.96. The van der Waals surface area contributed by atoms with E-state index >= 15 is 0 Å². The molecule has 0 bridgehead atoms. The van der Waals surface area contributed by atoms with Crippen molar-refractivity contribution in [3.63, 3.8) is 0 Å². The second-order valence-electron chi connectivity index (χ2n) is 5.31. The number of benzene rings is 1. The lowest BCUT2D eigenvalue weighted by Gasteiger charge is -2.01. The largest absolute Gasteiger partial charge is 0.383 e. The van der Waals surface area contributed by atoms with Crippen LogP contribution >= 0.6 is 0 Å². The van der Waals surface area contributed by atoms with E-state index in [0.717, 1.165) is 28.2 Å². The van der Waals surface area contributed by atoms with Crippen LogP contribution in [0.1, 0.15) is 16.8 Å². The van der Waals surface area contributed by atoms with Gasteiger partial charge in [0.25, 0.3) is 0 Å². The molecule has 0 amide bonds. The van der Waals surface area contributed by atoms with Crippen LogP contribution in [-0.2, 0) is 4.84 Å². The van der Waals surface area contributed by atoms with Crippen molar-refractivity contribution in [1.29, 1.82) is 0 Å². The Morgan fingerprint density at radius 3 is 2.78 bits per heavy atom. The third-order valence-electron chi connectivity index (χ3n) is 3.60. The Morgan fingerprint density at radius 2 is 2.04 bits per heavy atom. The van der Waals surface area contributed by atoms with Crippen molar-refractivity contribution in [2.45, 2.75) is 13.8 Å². The first kappa shape index (κ1) is 14.9. The number of fused-ring (bicyclic) bond motifs is 1. The van der Waals surface area contributed by atoms with Crippen LogP contribution in [0, 0.1) is 26.2 Å². The van der Waals surface area contributed by atoms with E-state index in [1.54, 1.807) is 6.21 Å². The van der Waals surface area contributed by atoms with Crippen LogP contribution in [0.5, 0.6) is 0 Å². The fourth-order valence-corrected chi connectivity index (χ4v) is 2.43. The summed E-state index contributed by atoms with van der Waals surface area (Å²) in [6, 6.07) is 12.3. The second kappa shape index (κ2) is 6.37. The van der Waals surface area contributed by atoms with Crippen molar-refractivity contribution in [3.05, 3.63) is 59.4 Å². The minimum absolute atomic E-state index is 0.145. The molecule has 0 aliphatic heterocycles. The maximum atomic E-state index is 5.17. The van der Waals surface area contributed by atoms with E-state index in [1.165, 1.54) is 5.56 Å². The summed E-state index contributed by atoms with van der Waals surface area (Å²) in [4.78, 5) is 9.82. The lowest BCUT2D eigenvalue weighted by Crippen LogP contribution is -1.95. The quantitative estimate of drug-likeness (QED) is 0.320. The number of oxime groups is 1. The maximum absolute atomic E-state index is 5.17. The molecule has 3 aromatic rings. The van der Waals surface area contributed by atoms with Crippen molar-refractivity contribution >= 4 is 11.9 Å². The molecule has 2 aromatic heterocycles. The zero-order chi connectivity index (χ0) is 16.2. The van der Waals surface area contributed by atoms with E-state index in [4.69, 9.17) is 16.2 Å². The Kier molecular flexibility index (Phi) is 4.11. The van der Waals surface area contributed by atoms with E-state index in [-0.39, 0.29) is 6.61 Å². The van der Waals surface area contributed by atoms with Crippen molar-refractivity contribution in [3.8, 4) is 23.6 Å². The SMILES string of the molecule is C#CCO/N=C/c1c(-c2ccc(C)cc2)nc2c(C)cccn12. The van der Waals surface area contributed by atoms with E-state index in [2.05, 4.69) is 42.3 Å². The van der Waals surface area contributed by atoms with Gasteiger partial charge in [0.2, 0.25) is 0 Å². The van der Waals surface area contributed by atoms with E-state index in [1.807, 2.05) is 29.7 Å². The number of hydrogen-bond donors (Lipinski definition) is 0.